The maximum atomic E-state index is 13.6. The zero-order valence-electron chi connectivity index (χ0n) is 21.0. The van der Waals surface area contributed by atoms with Crippen molar-refractivity contribution in [2.45, 2.75) is 58.5 Å². The number of hydrogen-bond donors (Lipinski definition) is 0. The molecule has 35 heavy (non-hydrogen) atoms. The standard InChI is InChI=1S/C25H34N4O5S/c1-6-33-17-21(14-18(3)4)29(25(30)34-7-2)35(31,32)22-10-8-20(9-11-22)16-28-19(5)27-23-15-26-13-12-24(23)28/h8-13,15,18,21H,6-7,14,16-17H2,1-5H3. The van der Waals surface area contributed by atoms with Crippen LogP contribution < -0.4 is 0 Å². The summed E-state index contributed by atoms with van der Waals surface area (Å²) >= 11 is 0. The molecule has 0 aliphatic rings. The van der Waals surface area contributed by atoms with Gasteiger partial charge in [-0.05, 0) is 56.9 Å². The molecule has 0 saturated heterocycles. The van der Waals surface area contributed by atoms with Crippen LogP contribution in [0.5, 0.6) is 0 Å². The fourth-order valence-corrected chi connectivity index (χ4v) is 5.52. The van der Waals surface area contributed by atoms with Gasteiger partial charge >= 0.3 is 6.09 Å². The topological polar surface area (TPSA) is 104 Å². The van der Waals surface area contributed by atoms with Gasteiger partial charge < -0.3 is 14.0 Å². The molecule has 1 atom stereocenters. The number of hydrogen-bond acceptors (Lipinski definition) is 7. The predicted octanol–water partition coefficient (Wildman–Crippen LogP) is 4.39. The number of rotatable bonds is 11. The Morgan fingerprint density at radius 1 is 1.11 bits per heavy atom. The van der Waals surface area contributed by atoms with Crippen molar-refractivity contribution < 1.29 is 22.7 Å². The third kappa shape index (κ3) is 6.18. The molecule has 1 unspecified atom stereocenters. The van der Waals surface area contributed by atoms with Crippen molar-refractivity contribution in [3.63, 3.8) is 0 Å². The number of carbonyl (C=O) groups excluding carboxylic acids is 1. The molecule has 2 aromatic heterocycles. The minimum Gasteiger partial charge on any atom is -0.449 e. The van der Waals surface area contributed by atoms with Gasteiger partial charge in [0.15, 0.2) is 0 Å². The van der Waals surface area contributed by atoms with Gasteiger partial charge in [-0.2, -0.15) is 4.31 Å². The van der Waals surface area contributed by atoms with Crippen LogP contribution in [0.4, 0.5) is 4.79 Å². The fraction of sp³-hybridized carbons (Fsp3) is 0.480. The first-order chi connectivity index (χ1) is 16.7. The summed E-state index contributed by atoms with van der Waals surface area (Å²) in [6, 6.07) is 7.79. The predicted molar refractivity (Wildman–Crippen MR) is 134 cm³/mol. The van der Waals surface area contributed by atoms with E-state index in [2.05, 4.69) is 9.97 Å². The lowest BCUT2D eigenvalue weighted by Crippen LogP contribution is -2.47. The second-order valence-corrected chi connectivity index (χ2v) is 10.5. The zero-order chi connectivity index (χ0) is 25.6. The van der Waals surface area contributed by atoms with Crippen LogP contribution in [0, 0.1) is 12.8 Å². The number of aryl methyl sites for hydroxylation is 1. The third-order valence-electron chi connectivity index (χ3n) is 5.60. The Morgan fingerprint density at radius 3 is 2.46 bits per heavy atom. The molecule has 3 aromatic rings. The van der Waals surface area contributed by atoms with E-state index in [1.807, 2.05) is 38.3 Å². The lowest BCUT2D eigenvalue weighted by molar-refractivity contribution is 0.0719. The number of carbonyl (C=O) groups is 1. The number of imidazole rings is 1. The van der Waals surface area contributed by atoms with Gasteiger partial charge in [-0.25, -0.2) is 18.2 Å². The number of pyridine rings is 1. The zero-order valence-corrected chi connectivity index (χ0v) is 21.8. The van der Waals surface area contributed by atoms with Crippen molar-refractivity contribution >= 4 is 27.1 Å². The molecule has 0 spiro atoms. The van der Waals surface area contributed by atoms with Crippen molar-refractivity contribution in [2.75, 3.05) is 19.8 Å². The van der Waals surface area contributed by atoms with E-state index in [0.717, 1.165) is 26.7 Å². The molecular weight excluding hydrogens is 468 g/mol. The highest BCUT2D eigenvalue weighted by Crippen LogP contribution is 2.25. The second-order valence-electron chi connectivity index (χ2n) is 8.70. The highest BCUT2D eigenvalue weighted by Gasteiger charge is 2.37. The molecule has 0 bridgehead atoms. The smallest absolute Gasteiger partial charge is 0.424 e. The Balaban J connectivity index is 1.92. The Hall–Kier alpha value is -2.98. The van der Waals surface area contributed by atoms with E-state index in [4.69, 9.17) is 9.47 Å². The summed E-state index contributed by atoms with van der Waals surface area (Å²) in [5.74, 6) is 0.990. The van der Waals surface area contributed by atoms with Gasteiger partial charge in [-0.3, -0.25) is 4.98 Å². The molecule has 1 aromatic carbocycles. The normalized spacial score (nSPS) is 12.7. The van der Waals surface area contributed by atoms with Crippen molar-refractivity contribution in [3.8, 4) is 0 Å². The summed E-state index contributed by atoms with van der Waals surface area (Å²) in [6.45, 7) is 10.5. The molecule has 2 heterocycles. The van der Waals surface area contributed by atoms with Gasteiger partial charge in [0.05, 0.1) is 35.9 Å². The summed E-state index contributed by atoms with van der Waals surface area (Å²) in [7, 11) is -4.17. The molecule has 0 fully saturated rings. The SMILES string of the molecule is CCOCC(CC(C)C)N(C(=O)OCC)S(=O)(=O)c1ccc(Cn2c(C)nc3cnccc32)cc1. The van der Waals surface area contributed by atoms with Crippen molar-refractivity contribution in [1.29, 1.82) is 0 Å². The van der Waals surface area contributed by atoms with Crippen LogP contribution in [-0.2, 0) is 26.0 Å². The number of aromatic nitrogens is 3. The average Bonchev–Trinajstić information content (AvgIpc) is 3.12. The minimum absolute atomic E-state index is 0.0240. The number of ether oxygens (including phenoxy) is 2. The summed E-state index contributed by atoms with van der Waals surface area (Å²) in [4.78, 5) is 21.5. The lowest BCUT2D eigenvalue weighted by Gasteiger charge is -2.31. The quantitative estimate of drug-likeness (QED) is 0.383. The van der Waals surface area contributed by atoms with Gasteiger partial charge in [0, 0.05) is 19.3 Å². The first-order valence-corrected chi connectivity index (χ1v) is 13.3. The molecule has 0 aliphatic heterocycles. The van der Waals surface area contributed by atoms with Crippen molar-refractivity contribution in [2.24, 2.45) is 5.92 Å². The van der Waals surface area contributed by atoms with E-state index in [1.54, 1.807) is 31.5 Å². The van der Waals surface area contributed by atoms with Crippen LogP contribution in [0.1, 0.15) is 45.5 Å². The molecule has 0 aliphatic carbocycles. The number of nitrogens with zero attached hydrogens (tertiary/aromatic N) is 4. The summed E-state index contributed by atoms with van der Waals surface area (Å²) in [5.41, 5.74) is 2.66. The highest BCUT2D eigenvalue weighted by molar-refractivity contribution is 7.89. The number of amides is 1. The number of benzene rings is 1. The van der Waals surface area contributed by atoms with Gasteiger partial charge in [0.1, 0.15) is 11.3 Å². The largest absolute Gasteiger partial charge is 0.449 e. The average molecular weight is 503 g/mol. The third-order valence-corrected chi connectivity index (χ3v) is 7.43. The monoisotopic (exact) mass is 502 g/mol. The Kier molecular flexibility index (Phi) is 8.85. The molecule has 3 rings (SSSR count). The summed E-state index contributed by atoms with van der Waals surface area (Å²) in [6.07, 6.45) is 3.00. The number of sulfonamides is 1. The van der Waals surface area contributed by atoms with E-state index in [0.29, 0.717) is 19.6 Å². The first-order valence-electron chi connectivity index (χ1n) is 11.8. The van der Waals surface area contributed by atoms with E-state index in [-0.39, 0.29) is 24.0 Å². The molecule has 9 nitrogen and oxygen atoms in total. The molecule has 0 saturated carbocycles. The second kappa shape index (κ2) is 11.6. The van der Waals surface area contributed by atoms with Crippen molar-refractivity contribution in [3.05, 3.63) is 54.1 Å². The molecular formula is C25H34N4O5S. The van der Waals surface area contributed by atoms with Gasteiger partial charge in [-0.1, -0.05) is 26.0 Å². The fourth-order valence-electron chi connectivity index (χ4n) is 4.02. The van der Waals surface area contributed by atoms with E-state index < -0.39 is 22.2 Å². The van der Waals surface area contributed by atoms with Crippen LogP contribution in [-0.4, -0.2) is 59.2 Å². The van der Waals surface area contributed by atoms with Crippen molar-refractivity contribution in [1.82, 2.24) is 18.8 Å². The van der Waals surface area contributed by atoms with Gasteiger partial charge in [0.25, 0.3) is 10.0 Å². The van der Waals surface area contributed by atoms with E-state index in [1.165, 1.54) is 12.1 Å². The van der Waals surface area contributed by atoms with Crippen LogP contribution in [0.2, 0.25) is 0 Å². The molecule has 1 amide bonds. The highest BCUT2D eigenvalue weighted by atomic mass is 32.2. The lowest BCUT2D eigenvalue weighted by atomic mass is 10.0. The van der Waals surface area contributed by atoms with E-state index >= 15 is 0 Å². The molecule has 0 radical (unpaired) electrons. The van der Waals surface area contributed by atoms with Crippen LogP contribution in [0.3, 0.4) is 0 Å². The van der Waals surface area contributed by atoms with Gasteiger partial charge in [-0.15, -0.1) is 0 Å². The molecule has 190 valence electrons. The molecule has 0 N–H and O–H groups in total. The van der Waals surface area contributed by atoms with Crippen LogP contribution >= 0.6 is 0 Å². The molecule has 10 heteroatoms. The van der Waals surface area contributed by atoms with Gasteiger partial charge in [0.2, 0.25) is 0 Å². The van der Waals surface area contributed by atoms with Crippen LogP contribution in [0.25, 0.3) is 11.0 Å². The number of fused-ring (bicyclic) bond motifs is 1. The minimum atomic E-state index is -4.17. The summed E-state index contributed by atoms with van der Waals surface area (Å²) < 4.78 is 40.8. The Bertz CT molecular complexity index is 1240. The van der Waals surface area contributed by atoms with Crippen LogP contribution in [0.15, 0.2) is 47.6 Å². The maximum absolute atomic E-state index is 13.6. The maximum Gasteiger partial charge on any atom is 0.424 e. The Labute approximate surface area is 207 Å². The first kappa shape index (κ1) is 26.6. The summed E-state index contributed by atoms with van der Waals surface area (Å²) in [5, 5.41) is 0. The Morgan fingerprint density at radius 2 is 1.83 bits per heavy atom. The van der Waals surface area contributed by atoms with E-state index in [9.17, 15) is 13.2 Å².